The van der Waals surface area contributed by atoms with Crippen molar-refractivity contribution in [3.63, 3.8) is 0 Å². The van der Waals surface area contributed by atoms with Gasteiger partial charge in [0.05, 0.1) is 11.5 Å². The normalized spacial score (nSPS) is 22.1. The van der Waals surface area contributed by atoms with E-state index >= 15 is 0 Å². The van der Waals surface area contributed by atoms with E-state index in [0.29, 0.717) is 12.1 Å². The highest BCUT2D eigenvalue weighted by Gasteiger charge is 2.33. The molecule has 10 heteroatoms. The van der Waals surface area contributed by atoms with E-state index in [-0.39, 0.29) is 12.2 Å². The molecule has 1 aromatic rings. The van der Waals surface area contributed by atoms with Crippen LogP contribution in [-0.2, 0) is 19.9 Å². The average Bonchev–Trinajstić information content (AvgIpc) is 2.64. The summed E-state index contributed by atoms with van der Waals surface area (Å²) in [6.07, 6.45) is 0.0485. The summed E-state index contributed by atoms with van der Waals surface area (Å²) in [4.78, 5) is -1.05. The zero-order chi connectivity index (χ0) is 15.1. The Bertz CT molecular complexity index is 746. The van der Waals surface area contributed by atoms with Gasteiger partial charge in [-0.3, -0.25) is 0 Å². The molecule has 0 saturated carbocycles. The first-order valence-corrected chi connectivity index (χ1v) is 8.79. The predicted octanol–water partition coefficient (Wildman–Crippen LogP) is 0.569. The Morgan fingerprint density at radius 1 is 1.15 bits per heavy atom. The Morgan fingerprint density at radius 3 is 2.35 bits per heavy atom. The molecule has 1 saturated heterocycles. The van der Waals surface area contributed by atoms with Gasteiger partial charge in [-0.15, -0.1) is 0 Å². The van der Waals surface area contributed by atoms with Crippen molar-refractivity contribution < 1.29 is 30.0 Å². The summed E-state index contributed by atoms with van der Waals surface area (Å²) in [6.45, 7) is 0. The fraction of sp³-hybridized carbons (Fsp3) is 0.400. The first-order chi connectivity index (χ1) is 9.12. The molecule has 0 spiro atoms. The lowest BCUT2D eigenvalue weighted by Crippen LogP contribution is -2.36. The number of hydrogen-bond acceptors (Lipinski definition) is 4. The molecule has 1 aromatic carbocycles. The highest BCUT2D eigenvalue weighted by atomic mass is 32.2. The predicted molar refractivity (Wildman–Crippen MR) is 63.7 cm³/mol. The van der Waals surface area contributed by atoms with Crippen LogP contribution in [0.4, 0.5) is 13.2 Å². The lowest BCUT2D eigenvalue weighted by molar-refractivity contribution is 0.431. The van der Waals surface area contributed by atoms with Crippen LogP contribution in [0, 0.1) is 17.5 Å². The van der Waals surface area contributed by atoms with Crippen molar-refractivity contribution in [2.45, 2.75) is 17.4 Å². The molecule has 112 valence electrons. The van der Waals surface area contributed by atoms with Gasteiger partial charge in [0.15, 0.2) is 27.3 Å². The van der Waals surface area contributed by atoms with Crippen molar-refractivity contribution in [2.75, 3.05) is 11.5 Å². The fourth-order valence-corrected chi connectivity index (χ4v) is 5.01. The summed E-state index contributed by atoms with van der Waals surface area (Å²) < 4.78 is 87.3. The fourth-order valence-electron chi connectivity index (χ4n) is 1.89. The maximum absolute atomic E-state index is 13.4. The molecule has 0 radical (unpaired) electrons. The lowest BCUT2D eigenvalue weighted by atomic mass is 10.3. The number of sulfone groups is 1. The van der Waals surface area contributed by atoms with Crippen LogP contribution in [0.2, 0.25) is 0 Å². The maximum Gasteiger partial charge on any atom is 0.243 e. The SMILES string of the molecule is O=S1(=O)CC[C@H](NS(=O)(=O)c2ccc(F)c(F)c2F)C1. The Hall–Kier alpha value is -1.13. The number of nitrogens with one attached hydrogen (secondary N) is 1. The topological polar surface area (TPSA) is 80.3 Å². The second-order valence-electron chi connectivity index (χ2n) is 4.39. The largest absolute Gasteiger partial charge is 0.243 e. The lowest BCUT2D eigenvalue weighted by Gasteiger charge is -2.12. The summed E-state index contributed by atoms with van der Waals surface area (Å²) >= 11 is 0. The Labute approximate surface area is 113 Å². The molecule has 5 nitrogen and oxygen atoms in total. The van der Waals surface area contributed by atoms with Gasteiger partial charge in [0, 0.05) is 6.04 Å². The van der Waals surface area contributed by atoms with Crippen LogP contribution in [0.15, 0.2) is 17.0 Å². The number of rotatable bonds is 3. The highest BCUT2D eigenvalue weighted by Crippen LogP contribution is 2.21. The third-order valence-electron chi connectivity index (χ3n) is 2.84. The molecule has 0 bridgehead atoms. The van der Waals surface area contributed by atoms with E-state index < -0.39 is 54.0 Å². The highest BCUT2D eigenvalue weighted by molar-refractivity contribution is 7.92. The van der Waals surface area contributed by atoms with Gasteiger partial charge in [-0.05, 0) is 18.6 Å². The Balaban J connectivity index is 2.30. The van der Waals surface area contributed by atoms with Crippen LogP contribution in [0.25, 0.3) is 0 Å². The van der Waals surface area contributed by atoms with E-state index in [0.717, 1.165) is 0 Å². The summed E-state index contributed by atoms with van der Waals surface area (Å²) in [5.41, 5.74) is 0. The van der Waals surface area contributed by atoms with Crippen LogP contribution in [0.3, 0.4) is 0 Å². The smallest absolute Gasteiger partial charge is 0.229 e. The quantitative estimate of drug-likeness (QED) is 0.822. The van der Waals surface area contributed by atoms with Crippen LogP contribution >= 0.6 is 0 Å². The molecule has 0 aliphatic carbocycles. The van der Waals surface area contributed by atoms with Crippen molar-refractivity contribution in [1.82, 2.24) is 4.72 Å². The molecule has 1 atom stereocenters. The molecule has 0 amide bonds. The standard InChI is InChI=1S/C10H10F3NO4S2/c11-7-1-2-8(10(13)9(7)12)20(17,18)14-6-3-4-19(15,16)5-6/h1-2,6,14H,3-5H2/t6-/m0/s1. The molecule has 1 fully saturated rings. The van der Waals surface area contributed by atoms with E-state index in [1.165, 1.54) is 0 Å². The van der Waals surface area contributed by atoms with E-state index in [1.807, 2.05) is 4.72 Å². The van der Waals surface area contributed by atoms with Crippen molar-refractivity contribution in [2.24, 2.45) is 0 Å². The maximum atomic E-state index is 13.4. The number of benzene rings is 1. The van der Waals surface area contributed by atoms with Crippen LogP contribution in [0.1, 0.15) is 6.42 Å². The Kier molecular flexibility index (Phi) is 3.82. The van der Waals surface area contributed by atoms with Crippen LogP contribution in [0.5, 0.6) is 0 Å². The second-order valence-corrected chi connectivity index (χ2v) is 8.31. The van der Waals surface area contributed by atoms with Gasteiger partial charge in [0.2, 0.25) is 10.0 Å². The van der Waals surface area contributed by atoms with E-state index in [1.54, 1.807) is 0 Å². The summed E-state index contributed by atoms with van der Waals surface area (Å²) in [6, 6.07) is 0.162. The first-order valence-electron chi connectivity index (χ1n) is 5.49. The first kappa shape index (κ1) is 15.3. The van der Waals surface area contributed by atoms with Crippen molar-refractivity contribution in [3.8, 4) is 0 Å². The van der Waals surface area contributed by atoms with Gasteiger partial charge in [-0.25, -0.2) is 34.7 Å². The van der Waals surface area contributed by atoms with Gasteiger partial charge in [0.25, 0.3) is 0 Å². The molecular formula is C10H10F3NO4S2. The molecule has 20 heavy (non-hydrogen) atoms. The zero-order valence-electron chi connectivity index (χ0n) is 9.94. The molecule has 0 unspecified atom stereocenters. The van der Waals surface area contributed by atoms with Gasteiger partial charge in [-0.1, -0.05) is 0 Å². The van der Waals surface area contributed by atoms with E-state index in [2.05, 4.69) is 0 Å². The summed E-state index contributed by atoms with van der Waals surface area (Å²) in [7, 11) is -7.79. The van der Waals surface area contributed by atoms with E-state index in [9.17, 15) is 30.0 Å². The minimum Gasteiger partial charge on any atom is -0.229 e. The molecule has 1 aliphatic heterocycles. The third-order valence-corrected chi connectivity index (χ3v) is 6.15. The molecule has 1 N–H and O–H groups in total. The molecule has 2 rings (SSSR count). The minimum atomic E-state index is -4.46. The van der Waals surface area contributed by atoms with Crippen LogP contribution < -0.4 is 4.72 Å². The monoisotopic (exact) mass is 329 g/mol. The van der Waals surface area contributed by atoms with Gasteiger partial charge in [0.1, 0.15) is 4.90 Å². The molecule has 1 heterocycles. The number of halogens is 3. The van der Waals surface area contributed by atoms with Gasteiger partial charge in [-0.2, -0.15) is 0 Å². The zero-order valence-corrected chi connectivity index (χ0v) is 11.6. The molecule has 0 aromatic heterocycles. The van der Waals surface area contributed by atoms with Crippen molar-refractivity contribution in [1.29, 1.82) is 0 Å². The number of hydrogen-bond donors (Lipinski definition) is 1. The van der Waals surface area contributed by atoms with Crippen molar-refractivity contribution >= 4 is 19.9 Å². The van der Waals surface area contributed by atoms with E-state index in [4.69, 9.17) is 0 Å². The Morgan fingerprint density at radius 2 is 1.80 bits per heavy atom. The summed E-state index contributed by atoms with van der Waals surface area (Å²) in [5.74, 6) is -5.83. The number of sulfonamides is 1. The second kappa shape index (κ2) is 5.01. The minimum absolute atomic E-state index is 0.0485. The van der Waals surface area contributed by atoms with Gasteiger partial charge < -0.3 is 0 Å². The molecular weight excluding hydrogens is 319 g/mol. The van der Waals surface area contributed by atoms with Crippen LogP contribution in [-0.4, -0.2) is 34.4 Å². The third kappa shape index (κ3) is 2.96. The average molecular weight is 329 g/mol. The van der Waals surface area contributed by atoms with Gasteiger partial charge >= 0.3 is 0 Å². The summed E-state index contributed by atoms with van der Waals surface area (Å²) in [5, 5.41) is 0. The van der Waals surface area contributed by atoms with Crippen molar-refractivity contribution in [3.05, 3.63) is 29.6 Å². The molecule has 1 aliphatic rings.